The van der Waals surface area contributed by atoms with Crippen LogP contribution in [0, 0.1) is 6.92 Å². The van der Waals surface area contributed by atoms with E-state index in [-0.39, 0.29) is 10.7 Å². The Morgan fingerprint density at radius 3 is 2.48 bits per heavy atom. The smallest absolute Gasteiger partial charge is 0.356 e. The maximum Gasteiger partial charge on any atom is 0.416 e. The van der Waals surface area contributed by atoms with Crippen molar-refractivity contribution in [2.75, 3.05) is 23.4 Å². The van der Waals surface area contributed by atoms with Gasteiger partial charge in [0, 0.05) is 13.1 Å². The monoisotopic (exact) mass is 447 g/mol. The van der Waals surface area contributed by atoms with Crippen molar-refractivity contribution in [1.29, 1.82) is 0 Å². The summed E-state index contributed by atoms with van der Waals surface area (Å²) in [7, 11) is 0. The van der Waals surface area contributed by atoms with Gasteiger partial charge in [-0.1, -0.05) is 29.8 Å². The van der Waals surface area contributed by atoms with Crippen LogP contribution in [0.3, 0.4) is 0 Å². The molecular weight excluding hydrogens is 427 g/mol. The highest BCUT2D eigenvalue weighted by Crippen LogP contribution is 2.34. The lowest BCUT2D eigenvalue weighted by atomic mass is 10.2. The van der Waals surface area contributed by atoms with Crippen LogP contribution in [-0.2, 0) is 6.18 Å². The van der Waals surface area contributed by atoms with E-state index in [2.05, 4.69) is 15.4 Å². The zero-order valence-corrected chi connectivity index (χ0v) is 17.6. The van der Waals surface area contributed by atoms with E-state index < -0.39 is 11.7 Å². The minimum atomic E-state index is -4.46. The van der Waals surface area contributed by atoms with Gasteiger partial charge >= 0.3 is 6.18 Å². The maximum absolute atomic E-state index is 13.0. The zero-order valence-electron chi connectivity index (χ0n) is 16.8. The van der Waals surface area contributed by atoms with E-state index in [9.17, 15) is 13.2 Å². The van der Waals surface area contributed by atoms with E-state index >= 15 is 0 Å². The minimum absolute atomic E-state index is 0.0866. The van der Waals surface area contributed by atoms with E-state index in [4.69, 9.17) is 16.7 Å². The van der Waals surface area contributed by atoms with Crippen LogP contribution in [0.25, 0.3) is 5.69 Å². The fourth-order valence-electron chi connectivity index (χ4n) is 3.61. The average molecular weight is 448 g/mol. The molecule has 0 radical (unpaired) electrons. The normalized spacial score (nSPS) is 14.5. The van der Waals surface area contributed by atoms with Gasteiger partial charge in [0.25, 0.3) is 0 Å². The molecule has 4 rings (SSSR count). The van der Waals surface area contributed by atoms with Crippen LogP contribution in [0.4, 0.5) is 24.7 Å². The lowest BCUT2D eigenvalue weighted by Crippen LogP contribution is -2.22. The number of hydrogen-bond donors (Lipinski definition) is 1. The molecule has 0 amide bonds. The summed E-state index contributed by atoms with van der Waals surface area (Å²) in [5.41, 5.74) is 4.45. The summed E-state index contributed by atoms with van der Waals surface area (Å²) < 4.78 is 40.9. The first-order chi connectivity index (χ1) is 14.8. The molecule has 0 bridgehead atoms. The number of benzene rings is 2. The highest BCUT2D eigenvalue weighted by Gasteiger charge is 2.31. The van der Waals surface area contributed by atoms with Crippen molar-refractivity contribution >= 4 is 29.3 Å². The van der Waals surface area contributed by atoms with E-state index in [1.54, 1.807) is 6.21 Å². The molecule has 5 nitrogen and oxygen atoms in total. The van der Waals surface area contributed by atoms with Crippen LogP contribution in [0.2, 0.25) is 5.02 Å². The minimum Gasteiger partial charge on any atom is -0.356 e. The van der Waals surface area contributed by atoms with Crippen LogP contribution in [-0.4, -0.2) is 29.1 Å². The van der Waals surface area contributed by atoms with Crippen LogP contribution < -0.4 is 10.3 Å². The summed E-state index contributed by atoms with van der Waals surface area (Å²) >= 11 is 6.05. The van der Waals surface area contributed by atoms with Crippen molar-refractivity contribution in [3.05, 3.63) is 70.4 Å². The Balaban J connectivity index is 1.67. The summed E-state index contributed by atoms with van der Waals surface area (Å²) in [6.07, 6.45) is -0.686. The van der Waals surface area contributed by atoms with Gasteiger partial charge in [-0.05, 0) is 50.1 Å². The summed E-state index contributed by atoms with van der Waals surface area (Å²) in [6.45, 7) is 3.70. The van der Waals surface area contributed by atoms with Crippen LogP contribution >= 0.6 is 11.6 Å². The highest BCUT2D eigenvalue weighted by atomic mass is 35.5. The number of hydrazone groups is 1. The number of aromatic nitrogens is 2. The van der Waals surface area contributed by atoms with Gasteiger partial charge < -0.3 is 4.90 Å². The number of hydrogen-bond acceptors (Lipinski definition) is 4. The lowest BCUT2D eigenvalue weighted by Gasteiger charge is -2.20. The second-order valence-corrected chi connectivity index (χ2v) is 7.73. The summed E-state index contributed by atoms with van der Waals surface area (Å²) in [5.74, 6) is 0.918. The van der Waals surface area contributed by atoms with Crippen molar-refractivity contribution in [2.24, 2.45) is 5.10 Å². The fraction of sp³-hybridized carbons (Fsp3) is 0.273. The van der Waals surface area contributed by atoms with Gasteiger partial charge in [0.1, 0.15) is 5.82 Å². The predicted octanol–water partition coefficient (Wildman–Crippen LogP) is 5.90. The second-order valence-electron chi connectivity index (χ2n) is 7.33. The van der Waals surface area contributed by atoms with Gasteiger partial charge in [-0.15, -0.1) is 0 Å². The molecule has 2 aromatic carbocycles. The quantitative estimate of drug-likeness (QED) is 0.391. The van der Waals surface area contributed by atoms with Crippen LogP contribution in [0.5, 0.6) is 0 Å². The number of anilines is 2. The van der Waals surface area contributed by atoms with E-state index in [1.807, 2.05) is 41.9 Å². The Morgan fingerprint density at radius 1 is 1.10 bits per heavy atom. The predicted molar refractivity (Wildman–Crippen MR) is 117 cm³/mol. The largest absolute Gasteiger partial charge is 0.416 e. The van der Waals surface area contributed by atoms with Gasteiger partial charge in [-0.3, -0.25) is 5.43 Å². The van der Waals surface area contributed by atoms with E-state index in [0.717, 1.165) is 60.8 Å². The lowest BCUT2D eigenvalue weighted by molar-refractivity contribution is -0.137. The molecule has 9 heteroatoms. The van der Waals surface area contributed by atoms with Crippen molar-refractivity contribution in [2.45, 2.75) is 25.9 Å². The third-order valence-electron chi connectivity index (χ3n) is 5.16. The number of para-hydroxylation sites is 1. The first kappa shape index (κ1) is 21.2. The summed E-state index contributed by atoms with van der Waals surface area (Å²) in [6, 6.07) is 12.9. The molecule has 1 N–H and O–H groups in total. The van der Waals surface area contributed by atoms with Crippen molar-refractivity contribution in [3.63, 3.8) is 0 Å². The Bertz CT molecular complexity index is 1090. The molecule has 2 heterocycles. The number of nitrogens with zero attached hydrogens (tertiary/aromatic N) is 4. The summed E-state index contributed by atoms with van der Waals surface area (Å²) in [4.78, 5) is 2.26. The van der Waals surface area contributed by atoms with Crippen LogP contribution in [0.1, 0.15) is 29.7 Å². The summed E-state index contributed by atoms with van der Waals surface area (Å²) in [5, 5.41) is 9.04. The second kappa shape index (κ2) is 8.63. The van der Waals surface area contributed by atoms with Gasteiger partial charge in [0.05, 0.1) is 39.4 Å². The number of aryl methyl sites for hydroxylation is 1. The third-order valence-corrected chi connectivity index (χ3v) is 5.49. The molecule has 1 saturated heterocycles. The zero-order chi connectivity index (χ0) is 22.0. The Hall–Kier alpha value is -3.00. The van der Waals surface area contributed by atoms with E-state index in [1.165, 1.54) is 6.07 Å². The highest BCUT2D eigenvalue weighted by molar-refractivity contribution is 6.33. The van der Waals surface area contributed by atoms with Crippen molar-refractivity contribution in [3.8, 4) is 5.69 Å². The first-order valence-electron chi connectivity index (χ1n) is 9.90. The molecule has 1 fully saturated rings. The van der Waals surface area contributed by atoms with Crippen molar-refractivity contribution < 1.29 is 13.2 Å². The molecule has 0 atom stereocenters. The van der Waals surface area contributed by atoms with E-state index in [0.29, 0.717) is 0 Å². The third kappa shape index (κ3) is 4.54. The van der Waals surface area contributed by atoms with Crippen LogP contribution in [0.15, 0.2) is 53.6 Å². The molecule has 0 spiro atoms. The molecule has 162 valence electrons. The Morgan fingerprint density at radius 2 is 1.81 bits per heavy atom. The number of alkyl halides is 3. The maximum atomic E-state index is 13.0. The molecule has 0 saturated carbocycles. The average Bonchev–Trinajstić information content (AvgIpc) is 3.37. The molecule has 1 aliphatic rings. The molecular formula is C22H21ClF3N5. The fourth-order valence-corrected chi connectivity index (χ4v) is 3.77. The number of rotatable bonds is 5. The molecule has 1 aliphatic heterocycles. The molecule has 3 aromatic rings. The van der Waals surface area contributed by atoms with Crippen molar-refractivity contribution in [1.82, 2.24) is 9.78 Å². The van der Waals surface area contributed by atoms with Gasteiger partial charge in [0.15, 0.2) is 0 Å². The standard InChI is InChI=1S/C22H21ClF3N5/c1-15-18(14-27-28-20-13-16(22(24,25)26)9-10-19(20)23)21(30-11-5-6-12-30)31(29-15)17-7-3-2-4-8-17/h2-4,7-10,13-14,28H,5-6,11-12H2,1H3. The molecule has 0 aliphatic carbocycles. The van der Waals surface area contributed by atoms with Gasteiger partial charge in [0.2, 0.25) is 0 Å². The molecule has 1 aromatic heterocycles. The Kier molecular flexibility index (Phi) is 5.91. The first-order valence-corrected chi connectivity index (χ1v) is 10.3. The van der Waals surface area contributed by atoms with Gasteiger partial charge in [-0.25, -0.2) is 4.68 Å². The molecule has 0 unspecified atom stereocenters. The van der Waals surface area contributed by atoms with Gasteiger partial charge in [-0.2, -0.15) is 23.4 Å². The Labute approximate surface area is 183 Å². The number of nitrogens with one attached hydrogen (secondary N) is 1. The molecule has 31 heavy (non-hydrogen) atoms. The SMILES string of the molecule is Cc1nn(-c2ccccc2)c(N2CCCC2)c1C=NNc1cc(C(F)(F)F)ccc1Cl. The number of halogens is 4. The topological polar surface area (TPSA) is 45.5 Å².